The molecule has 0 bridgehead atoms. The summed E-state index contributed by atoms with van der Waals surface area (Å²) in [6.45, 7) is 8.19. The van der Waals surface area contributed by atoms with Crippen molar-refractivity contribution in [2.75, 3.05) is 11.1 Å². The number of thioether (sulfide) groups is 1. The van der Waals surface area contributed by atoms with Crippen LogP contribution in [0, 0.1) is 17.0 Å². The molecule has 0 heterocycles. The van der Waals surface area contributed by atoms with Gasteiger partial charge < -0.3 is 5.32 Å². The summed E-state index contributed by atoms with van der Waals surface area (Å²) in [7, 11) is 0. The van der Waals surface area contributed by atoms with Crippen LogP contribution in [0.4, 0.5) is 11.4 Å². The summed E-state index contributed by atoms with van der Waals surface area (Å²) in [5, 5.41) is 13.8. The van der Waals surface area contributed by atoms with Crippen LogP contribution in [0.5, 0.6) is 0 Å². The maximum absolute atomic E-state index is 12.2. The highest BCUT2D eigenvalue weighted by atomic mass is 32.2. The summed E-state index contributed by atoms with van der Waals surface area (Å²) < 4.78 is 0. The Bertz CT molecular complexity index is 780. The van der Waals surface area contributed by atoms with Crippen LogP contribution in [0.1, 0.15) is 31.9 Å². The molecule has 0 radical (unpaired) electrons. The van der Waals surface area contributed by atoms with Crippen LogP contribution in [0.3, 0.4) is 0 Å². The minimum atomic E-state index is -0.485. The molecule has 2 aromatic carbocycles. The molecule has 132 valence electrons. The molecule has 0 fully saturated rings. The van der Waals surface area contributed by atoms with E-state index in [0.29, 0.717) is 5.56 Å². The molecule has 5 nitrogen and oxygen atoms in total. The fourth-order valence-corrected chi connectivity index (χ4v) is 3.04. The average Bonchev–Trinajstić information content (AvgIpc) is 2.54. The number of carbonyl (C=O) groups excluding carboxylic acids is 1. The molecule has 2 rings (SSSR count). The number of para-hydroxylation sites is 1. The minimum absolute atomic E-state index is 0.0876. The van der Waals surface area contributed by atoms with Crippen LogP contribution in [0.2, 0.25) is 0 Å². The van der Waals surface area contributed by atoms with Gasteiger partial charge in [0, 0.05) is 11.0 Å². The van der Waals surface area contributed by atoms with Crippen LogP contribution >= 0.6 is 11.8 Å². The van der Waals surface area contributed by atoms with Gasteiger partial charge in [-0.05, 0) is 35.6 Å². The van der Waals surface area contributed by atoms with Crippen molar-refractivity contribution in [3.05, 3.63) is 63.7 Å². The van der Waals surface area contributed by atoms with E-state index in [1.54, 1.807) is 19.1 Å². The number of nitro benzene ring substituents is 1. The lowest BCUT2D eigenvalue weighted by atomic mass is 9.87. The Labute approximate surface area is 152 Å². The number of hydrogen-bond acceptors (Lipinski definition) is 4. The van der Waals surface area contributed by atoms with Crippen molar-refractivity contribution in [3.63, 3.8) is 0 Å². The lowest BCUT2D eigenvalue weighted by Crippen LogP contribution is -2.16. The molecular formula is C19H22N2O3S. The van der Waals surface area contributed by atoms with E-state index < -0.39 is 4.92 Å². The van der Waals surface area contributed by atoms with Gasteiger partial charge in [-0.15, -0.1) is 11.8 Å². The summed E-state index contributed by atoms with van der Waals surface area (Å²) in [5.74, 6) is -0.0670. The maximum Gasteiger partial charge on any atom is 0.293 e. The standard InChI is InChI=1S/C19H22N2O3S/c1-13-6-5-7-16(21(23)24)18(13)20-17(22)12-25-15-10-8-14(9-11-15)19(2,3)4/h5-11H,12H2,1-4H3,(H,20,22). The molecule has 0 unspecified atom stereocenters. The second-order valence-corrected chi connectivity index (χ2v) is 7.89. The fraction of sp³-hybridized carbons (Fsp3) is 0.316. The van der Waals surface area contributed by atoms with Crippen LogP contribution < -0.4 is 5.32 Å². The van der Waals surface area contributed by atoms with Crippen LogP contribution in [0.15, 0.2) is 47.4 Å². The molecule has 0 spiro atoms. The van der Waals surface area contributed by atoms with Gasteiger partial charge >= 0.3 is 0 Å². The van der Waals surface area contributed by atoms with Crippen molar-refractivity contribution in [3.8, 4) is 0 Å². The number of anilines is 1. The zero-order chi connectivity index (χ0) is 18.6. The molecule has 1 amide bonds. The third-order valence-electron chi connectivity index (χ3n) is 3.80. The summed E-state index contributed by atoms with van der Waals surface area (Å²) in [4.78, 5) is 23.8. The Balaban J connectivity index is 2.01. The molecule has 6 heteroatoms. The molecular weight excluding hydrogens is 336 g/mol. The number of carbonyl (C=O) groups is 1. The Hall–Kier alpha value is -2.34. The number of nitro groups is 1. The second kappa shape index (κ2) is 7.70. The molecule has 0 aromatic heterocycles. The van der Waals surface area contributed by atoms with Crippen LogP contribution in [0.25, 0.3) is 0 Å². The highest BCUT2D eigenvalue weighted by molar-refractivity contribution is 8.00. The van der Waals surface area contributed by atoms with E-state index in [0.717, 1.165) is 4.90 Å². The highest BCUT2D eigenvalue weighted by Crippen LogP contribution is 2.29. The second-order valence-electron chi connectivity index (χ2n) is 6.84. The largest absolute Gasteiger partial charge is 0.319 e. The molecule has 2 aromatic rings. The van der Waals surface area contributed by atoms with Crippen molar-refractivity contribution in [2.24, 2.45) is 0 Å². The first-order valence-corrected chi connectivity index (χ1v) is 8.94. The van der Waals surface area contributed by atoms with Gasteiger partial charge in [0.25, 0.3) is 5.69 Å². The van der Waals surface area contributed by atoms with E-state index in [9.17, 15) is 14.9 Å². The first-order valence-electron chi connectivity index (χ1n) is 7.95. The molecule has 0 saturated heterocycles. The quantitative estimate of drug-likeness (QED) is 0.467. The van der Waals surface area contributed by atoms with Gasteiger partial charge in [0.15, 0.2) is 0 Å². The Morgan fingerprint density at radius 2 is 1.80 bits per heavy atom. The zero-order valence-corrected chi connectivity index (χ0v) is 15.6. The predicted octanol–water partition coefficient (Wildman–Crippen LogP) is 4.93. The number of amides is 1. The number of nitrogens with one attached hydrogen (secondary N) is 1. The molecule has 0 atom stereocenters. The van der Waals surface area contributed by atoms with Crippen molar-refractivity contribution in [2.45, 2.75) is 38.0 Å². The SMILES string of the molecule is Cc1cccc([N+](=O)[O-])c1NC(=O)CSc1ccc(C(C)(C)C)cc1. The Kier molecular flexibility index (Phi) is 5.85. The van der Waals surface area contributed by atoms with E-state index in [4.69, 9.17) is 0 Å². The first kappa shape index (κ1) is 19.0. The predicted molar refractivity (Wildman–Crippen MR) is 102 cm³/mol. The van der Waals surface area contributed by atoms with Crippen molar-refractivity contribution in [1.29, 1.82) is 0 Å². The number of aryl methyl sites for hydroxylation is 1. The normalized spacial score (nSPS) is 11.2. The first-order chi connectivity index (χ1) is 11.7. The smallest absolute Gasteiger partial charge is 0.293 e. The zero-order valence-electron chi connectivity index (χ0n) is 14.8. The van der Waals surface area contributed by atoms with Crippen molar-refractivity contribution >= 4 is 29.0 Å². The minimum Gasteiger partial charge on any atom is -0.319 e. The van der Waals surface area contributed by atoms with Crippen molar-refractivity contribution in [1.82, 2.24) is 0 Å². The topological polar surface area (TPSA) is 72.2 Å². The lowest BCUT2D eigenvalue weighted by molar-refractivity contribution is -0.384. The molecule has 0 aliphatic heterocycles. The fourth-order valence-electron chi connectivity index (χ4n) is 2.34. The summed E-state index contributed by atoms with van der Waals surface area (Å²) in [6.07, 6.45) is 0. The monoisotopic (exact) mass is 358 g/mol. The molecule has 0 saturated carbocycles. The number of nitrogens with zero attached hydrogens (tertiary/aromatic N) is 1. The summed E-state index contributed by atoms with van der Waals surface area (Å²) in [6, 6.07) is 12.8. The van der Waals surface area contributed by atoms with Gasteiger partial charge in [0.2, 0.25) is 5.91 Å². The molecule has 25 heavy (non-hydrogen) atoms. The number of hydrogen-bond donors (Lipinski definition) is 1. The third kappa shape index (κ3) is 5.06. The van der Waals surface area contributed by atoms with E-state index >= 15 is 0 Å². The van der Waals surface area contributed by atoms with E-state index in [2.05, 4.69) is 38.2 Å². The van der Waals surface area contributed by atoms with E-state index in [1.807, 2.05) is 12.1 Å². The van der Waals surface area contributed by atoms with Crippen LogP contribution in [-0.2, 0) is 10.2 Å². The summed E-state index contributed by atoms with van der Waals surface area (Å²) >= 11 is 1.41. The number of rotatable bonds is 5. The molecule has 0 aliphatic rings. The van der Waals surface area contributed by atoms with Crippen LogP contribution in [-0.4, -0.2) is 16.6 Å². The van der Waals surface area contributed by atoms with Gasteiger partial charge in [-0.25, -0.2) is 0 Å². The Morgan fingerprint density at radius 3 is 2.36 bits per heavy atom. The van der Waals surface area contributed by atoms with E-state index in [-0.39, 0.29) is 28.4 Å². The van der Waals surface area contributed by atoms with Gasteiger partial charge in [0.05, 0.1) is 10.7 Å². The third-order valence-corrected chi connectivity index (χ3v) is 4.81. The maximum atomic E-state index is 12.2. The highest BCUT2D eigenvalue weighted by Gasteiger charge is 2.18. The van der Waals surface area contributed by atoms with Gasteiger partial charge in [-0.1, -0.05) is 45.0 Å². The molecule has 0 aliphatic carbocycles. The van der Waals surface area contributed by atoms with Gasteiger partial charge in [-0.2, -0.15) is 0 Å². The Morgan fingerprint density at radius 1 is 1.16 bits per heavy atom. The average molecular weight is 358 g/mol. The van der Waals surface area contributed by atoms with Gasteiger partial charge in [-0.3, -0.25) is 14.9 Å². The van der Waals surface area contributed by atoms with E-state index in [1.165, 1.54) is 23.4 Å². The molecule has 1 N–H and O–H groups in total. The summed E-state index contributed by atoms with van der Waals surface area (Å²) in [5.41, 5.74) is 2.16. The van der Waals surface area contributed by atoms with Crippen molar-refractivity contribution < 1.29 is 9.72 Å². The number of benzene rings is 2. The lowest BCUT2D eigenvalue weighted by Gasteiger charge is -2.19. The van der Waals surface area contributed by atoms with Gasteiger partial charge in [0.1, 0.15) is 5.69 Å².